The van der Waals surface area contributed by atoms with Gasteiger partial charge in [0.1, 0.15) is 0 Å². The molecule has 1 heterocycles. The van der Waals surface area contributed by atoms with Gasteiger partial charge in [-0.1, -0.05) is 62.2 Å². The number of fused-ring (bicyclic) bond motifs is 1. The van der Waals surface area contributed by atoms with E-state index in [-0.39, 0.29) is 6.10 Å². The molecule has 2 aromatic carbocycles. The minimum atomic E-state index is -0.353. The molecule has 0 bridgehead atoms. The average molecular weight is 337 g/mol. The highest BCUT2D eigenvalue weighted by atomic mass is 32.2. The van der Waals surface area contributed by atoms with E-state index in [1.807, 2.05) is 24.4 Å². The van der Waals surface area contributed by atoms with Crippen molar-refractivity contribution in [3.8, 4) is 0 Å². The molecule has 0 aliphatic carbocycles. The van der Waals surface area contributed by atoms with Crippen LogP contribution in [0.3, 0.4) is 0 Å². The van der Waals surface area contributed by atoms with Crippen LogP contribution in [0.25, 0.3) is 10.9 Å². The molecule has 3 aromatic rings. The van der Waals surface area contributed by atoms with E-state index in [9.17, 15) is 5.11 Å². The van der Waals surface area contributed by atoms with Gasteiger partial charge in [-0.05, 0) is 29.7 Å². The fourth-order valence-electron chi connectivity index (χ4n) is 2.81. The molecule has 24 heavy (non-hydrogen) atoms. The van der Waals surface area contributed by atoms with Crippen LogP contribution in [-0.4, -0.2) is 10.1 Å². The van der Waals surface area contributed by atoms with Gasteiger partial charge in [0.15, 0.2) is 0 Å². The van der Waals surface area contributed by atoms with Gasteiger partial charge in [0.05, 0.1) is 11.6 Å². The molecule has 2 nitrogen and oxygen atoms in total. The van der Waals surface area contributed by atoms with E-state index in [0.29, 0.717) is 0 Å². The maximum Gasteiger partial charge on any atom is 0.0837 e. The zero-order valence-electron chi connectivity index (χ0n) is 14.0. The Morgan fingerprint density at radius 2 is 1.92 bits per heavy atom. The van der Waals surface area contributed by atoms with Gasteiger partial charge in [-0.15, -0.1) is 11.8 Å². The third-order valence-electron chi connectivity index (χ3n) is 4.16. The lowest BCUT2D eigenvalue weighted by Crippen LogP contribution is -1.98. The topological polar surface area (TPSA) is 33.1 Å². The minimum absolute atomic E-state index is 0.353. The predicted molar refractivity (Wildman–Crippen MR) is 102 cm³/mol. The molecule has 1 unspecified atom stereocenters. The Labute approximate surface area is 147 Å². The molecule has 1 N–H and O–H groups in total. The molecule has 0 aliphatic heterocycles. The summed E-state index contributed by atoms with van der Waals surface area (Å²) in [7, 11) is 0. The quantitative estimate of drug-likeness (QED) is 0.557. The van der Waals surface area contributed by atoms with E-state index in [2.05, 4.69) is 48.3 Å². The average Bonchev–Trinajstić information content (AvgIpc) is 2.64. The van der Waals surface area contributed by atoms with Crippen LogP contribution in [0, 0.1) is 0 Å². The van der Waals surface area contributed by atoms with Crippen molar-refractivity contribution in [2.24, 2.45) is 0 Å². The largest absolute Gasteiger partial charge is 0.388 e. The maximum absolute atomic E-state index is 10.3. The number of aliphatic hydroxyl groups is 1. The molecule has 0 saturated carbocycles. The highest BCUT2D eigenvalue weighted by molar-refractivity contribution is 7.98. The Bertz CT molecular complexity index is 797. The Kier molecular flexibility index (Phi) is 5.89. The lowest BCUT2D eigenvalue weighted by molar-refractivity contribution is 0.164. The van der Waals surface area contributed by atoms with E-state index >= 15 is 0 Å². The molecule has 0 fully saturated rings. The maximum atomic E-state index is 10.3. The van der Waals surface area contributed by atoms with Gasteiger partial charge in [-0.25, -0.2) is 0 Å². The number of para-hydroxylation sites is 1. The van der Waals surface area contributed by atoms with E-state index < -0.39 is 0 Å². The van der Waals surface area contributed by atoms with Gasteiger partial charge in [0.2, 0.25) is 0 Å². The summed E-state index contributed by atoms with van der Waals surface area (Å²) in [6.07, 6.45) is 4.49. The molecular formula is C21H23NOS. The number of benzene rings is 2. The number of aliphatic hydroxyl groups excluding tert-OH is 1. The summed E-state index contributed by atoms with van der Waals surface area (Å²) in [6.45, 7) is 2.15. The summed E-state index contributed by atoms with van der Waals surface area (Å²) < 4.78 is 0. The Balaban J connectivity index is 1.72. The molecule has 0 spiro atoms. The Hall–Kier alpha value is -1.84. The number of pyridine rings is 1. The van der Waals surface area contributed by atoms with Crippen molar-refractivity contribution in [1.29, 1.82) is 0 Å². The predicted octanol–water partition coefficient (Wildman–Crippen LogP) is 5.75. The lowest BCUT2D eigenvalue weighted by atomic mass is 10.0. The van der Waals surface area contributed by atoms with Crippen LogP contribution in [0.2, 0.25) is 0 Å². The monoisotopic (exact) mass is 337 g/mol. The summed E-state index contributed by atoms with van der Waals surface area (Å²) >= 11 is 1.80. The van der Waals surface area contributed by atoms with Crippen LogP contribution >= 0.6 is 11.8 Å². The van der Waals surface area contributed by atoms with Crippen LogP contribution < -0.4 is 0 Å². The molecule has 0 radical (unpaired) electrons. The van der Waals surface area contributed by atoms with Gasteiger partial charge >= 0.3 is 0 Å². The van der Waals surface area contributed by atoms with E-state index in [0.717, 1.165) is 36.1 Å². The van der Waals surface area contributed by atoms with Crippen molar-refractivity contribution in [2.75, 3.05) is 0 Å². The Morgan fingerprint density at radius 1 is 1.08 bits per heavy atom. The first-order valence-electron chi connectivity index (χ1n) is 8.51. The van der Waals surface area contributed by atoms with E-state index in [4.69, 9.17) is 0 Å². The number of thioether (sulfide) groups is 1. The molecule has 0 amide bonds. The molecule has 1 aromatic heterocycles. The number of hydrogen-bond donors (Lipinski definition) is 1. The second-order valence-corrected chi connectivity index (χ2v) is 7.04. The molecule has 1 atom stereocenters. The first kappa shape index (κ1) is 17.0. The zero-order chi connectivity index (χ0) is 16.8. The van der Waals surface area contributed by atoms with Crippen molar-refractivity contribution in [3.05, 3.63) is 71.9 Å². The van der Waals surface area contributed by atoms with Crippen molar-refractivity contribution >= 4 is 22.7 Å². The minimum Gasteiger partial charge on any atom is -0.388 e. The van der Waals surface area contributed by atoms with Crippen molar-refractivity contribution in [2.45, 2.75) is 42.9 Å². The first-order chi connectivity index (χ1) is 11.8. The molecule has 3 rings (SSSR count). The first-order valence-corrected chi connectivity index (χ1v) is 9.50. The molecule has 124 valence electrons. The molecule has 0 aliphatic rings. The summed E-state index contributed by atoms with van der Waals surface area (Å²) in [6, 6.07) is 18.7. The van der Waals surface area contributed by atoms with Crippen LogP contribution in [0.4, 0.5) is 0 Å². The van der Waals surface area contributed by atoms with Gasteiger partial charge in [-0.3, -0.25) is 4.98 Å². The third-order valence-corrected chi connectivity index (χ3v) is 5.28. The highest BCUT2D eigenvalue weighted by Gasteiger charge is 2.08. The SMILES string of the molecule is CCCCC(O)c1cccc(CSc2cccc3cccnc23)c1. The second kappa shape index (κ2) is 8.32. The highest BCUT2D eigenvalue weighted by Crippen LogP contribution is 2.30. The number of rotatable bonds is 7. The molecular weight excluding hydrogens is 314 g/mol. The normalized spacial score (nSPS) is 12.4. The van der Waals surface area contributed by atoms with Crippen molar-refractivity contribution < 1.29 is 5.11 Å². The van der Waals surface area contributed by atoms with E-state index in [1.54, 1.807) is 11.8 Å². The number of nitrogens with zero attached hydrogens (tertiary/aromatic N) is 1. The molecule has 3 heteroatoms. The fourth-order valence-corrected chi connectivity index (χ4v) is 3.79. The second-order valence-electron chi connectivity index (χ2n) is 6.02. The fraction of sp³-hybridized carbons (Fsp3) is 0.286. The Morgan fingerprint density at radius 3 is 2.79 bits per heavy atom. The number of aromatic nitrogens is 1. The number of unbranched alkanes of at least 4 members (excludes halogenated alkanes) is 1. The van der Waals surface area contributed by atoms with Crippen molar-refractivity contribution in [3.63, 3.8) is 0 Å². The van der Waals surface area contributed by atoms with E-state index in [1.165, 1.54) is 15.8 Å². The summed E-state index contributed by atoms with van der Waals surface area (Å²) in [5, 5.41) is 11.5. The van der Waals surface area contributed by atoms with Crippen LogP contribution in [0.5, 0.6) is 0 Å². The van der Waals surface area contributed by atoms with Crippen molar-refractivity contribution in [1.82, 2.24) is 4.98 Å². The van der Waals surface area contributed by atoms with Crippen LogP contribution in [-0.2, 0) is 5.75 Å². The summed E-state index contributed by atoms with van der Waals surface area (Å²) in [5.41, 5.74) is 3.32. The van der Waals surface area contributed by atoms with Crippen LogP contribution in [0.15, 0.2) is 65.7 Å². The summed E-state index contributed by atoms with van der Waals surface area (Å²) in [4.78, 5) is 5.71. The lowest BCUT2D eigenvalue weighted by Gasteiger charge is -2.12. The van der Waals surface area contributed by atoms with Crippen LogP contribution in [0.1, 0.15) is 43.4 Å². The third kappa shape index (κ3) is 4.16. The summed E-state index contributed by atoms with van der Waals surface area (Å²) in [5.74, 6) is 0.879. The van der Waals surface area contributed by atoms with Gasteiger partial charge < -0.3 is 5.11 Å². The molecule has 0 saturated heterocycles. The zero-order valence-corrected chi connectivity index (χ0v) is 14.8. The van der Waals surface area contributed by atoms with Gasteiger partial charge in [-0.2, -0.15) is 0 Å². The van der Waals surface area contributed by atoms with Gasteiger partial charge in [0.25, 0.3) is 0 Å². The van der Waals surface area contributed by atoms with Gasteiger partial charge in [0, 0.05) is 22.2 Å². The standard InChI is InChI=1S/C21H23NOS/c1-2-3-11-19(23)18-9-4-7-16(14-18)15-24-20-12-5-8-17-10-6-13-22-21(17)20/h4-10,12-14,19,23H,2-3,11,15H2,1H3. The smallest absolute Gasteiger partial charge is 0.0837 e. The number of hydrogen-bond acceptors (Lipinski definition) is 3.